The summed E-state index contributed by atoms with van der Waals surface area (Å²) in [5.41, 5.74) is -0.0748. The molecule has 1 heterocycles. The highest BCUT2D eigenvalue weighted by atomic mass is 35.5. The van der Waals surface area contributed by atoms with Crippen LogP contribution in [0.5, 0.6) is 0 Å². The Bertz CT molecular complexity index is 390. The zero-order valence-corrected chi connectivity index (χ0v) is 10.5. The molecule has 0 unspecified atom stereocenters. The number of hydrogen-bond acceptors (Lipinski definition) is 3. The van der Waals surface area contributed by atoms with Gasteiger partial charge in [-0.1, -0.05) is 18.5 Å². The van der Waals surface area contributed by atoms with Crippen molar-refractivity contribution in [2.75, 3.05) is 13.7 Å². The second-order valence-corrected chi connectivity index (χ2v) is 3.93. The van der Waals surface area contributed by atoms with E-state index in [1.807, 2.05) is 6.92 Å². The number of methoxy groups -OCH3 is 1. The van der Waals surface area contributed by atoms with Gasteiger partial charge in [-0.25, -0.2) is 4.98 Å². The number of aromatic nitrogens is 2. The molecule has 0 spiro atoms. The van der Waals surface area contributed by atoms with Crippen LogP contribution in [0.25, 0.3) is 0 Å². The summed E-state index contributed by atoms with van der Waals surface area (Å²) in [6.07, 6.45) is 2.55. The Morgan fingerprint density at radius 3 is 2.88 bits per heavy atom. The maximum absolute atomic E-state index is 11.7. The van der Waals surface area contributed by atoms with Crippen molar-refractivity contribution in [3.05, 3.63) is 27.4 Å². The third kappa shape index (κ3) is 3.61. The molecule has 0 aliphatic rings. The molecule has 0 saturated carbocycles. The maximum Gasteiger partial charge on any atom is 0.254 e. The van der Waals surface area contributed by atoms with E-state index in [4.69, 9.17) is 16.3 Å². The number of halogens is 1. The Labute approximate surface area is 100 Å². The second kappa shape index (κ2) is 6.66. The molecule has 16 heavy (non-hydrogen) atoms. The van der Waals surface area contributed by atoms with Crippen LogP contribution in [0.2, 0.25) is 5.15 Å². The summed E-state index contributed by atoms with van der Waals surface area (Å²) in [6, 6.07) is 1.36. The van der Waals surface area contributed by atoms with Gasteiger partial charge in [0, 0.05) is 32.7 Å². The van der Waals surface area contributed by atoms with Crippen molar-refractivity contribution in [1.82, 2.24) is 9.55 Å². The molecule has 0 radical (unpaired) electrons. The minimum absolute atomic E-state index is 0.0748. The van der Waals surface area contributed by atoms with Crippen LogP contribution < -0.4 is 5.56 Å². The lowest BCUT2D eigenvalue weighted by molar-refractivity contribution is 0.191. The molecule has 0 saturated heterocycles. The number of nitrogens with zero attached hydrogens (tertiary/aromatic N) is 2. The normalized spacial score (nSPS) is 10.7. The minimum atomic E-state index is -0.0748. The highest BCUT2D eigenvalue weighted by Gasteiger charge is 2.05. The largest absolute Gasteiger partial charge is 0.385 e. The van der Waals surface area contributed by atoms with E-state index >= 15 is 0 Å². The van der Waals surface area contributed by atoms with Gasteiger partial charge in [-0.2, -0.15) is 0 Å². The van der Waals surface area contributed by atoms with Crippen molar-refractivity contribution in [2.45, 2.75) is 32.7 Å². The van der Waals surface area contributed by atoms with E-state index in [0.29, 0.717) is 13.0 Å². The minimum Gasteiger partial charge on any atom is -0.385 e. The number of unbranched alkanes of at least 4 members (excludes halogenated alkanes) is 1. The second-order valence-electron chi connectivity index (χ2n) is 3.54. The van der Waals surface area contributed by atoms with E-state index in [1.54, 1.807) is 11.7 Å². The van der Waals surface area contributed by atoms with E-state index in [1.165, 1.54) is 6.07 Å². The average molecular weight is 245 g/mol. The van der Waals surface area contributed by atoms with Crippen molar-refractivity contribution >= 4 is 11.6 Å². The van der Waals surface area contributed by atoms with Crippen LogP contribution in [0.1, 0.15) is 25.6 Å². The SMILES string of the molecule is CCc1nc(Cl)cc(=O)n1CCCCOC. The highest BCUT2D eigenvalue weighted by molar-refractivity contribution is 6.29. The van der Waals surface area contributed by atoms with Gasteiger partial charge in [0.15, 0.2) is 0 Å². The first-order chi connectivity index (χ1) is 7.69. The molecule has 1 aromatic heterocycles. The van der Waals surface area contributed by atoms with Gasteiger partial charge in [0.1, 0.15) is 11.0 Å². The van der Waals surface area contributed by atoms with Gasteiger partial charge in [-0.15, -0.1) is 0 Å². The van der Waals surface area contributed by atoms with Crippen LogP contribution in [0.3, 0.4) is 0 Å². The molecule has 0 amide bonds. The third-order valence-electron chi connectivity index (χ3n) is 2.35. The molecule has 0 aliphatic carbocycles. The Balaban J connectivity index is 2.74. The van der Waals surface area contributed by atoms with Crippen molar-refractivity contribution in [2.24, 2.45) is 0 Å². The van der Waals surface area contributed by atoms with Gasteiger partial charge < -0.3 is 4.74 Å². The van der Waals surface area contributed by atoms with Crippen LogP contribution in [0, 0.1) is 0 Å². The monoisotopic (exact) mass is 244 g/mol. The smallest absolute Gasteiger partial charge is 0.254 e. The lowest BCUT2D eigenvalue weighted by Gasteiger charge is -2.10. The summed E-state index contributed by atoms with van der Waals surface area (Å²) >= 11 is 5.74. The Morgan fingerprint density at radius 2 is 2.25 bits per heavy atom. The van der Waals surface area contributed by atoms with Crippen molar-refractivity contribution < 1.29 is 4.74 Å². The summed E-state index contributed by atoms with van der Waals surface area (Å²) in [5, 5.41) is 0.273. The van der Waals surface area contributed by atoms with Crippen LogP contribution in [0.15, 0.2) is 10.9 Å². The van der Waals surface area contributed by atoms with Crippen LogP contribution >= 0.6 is 11.6 Å². The van der Waals surface area contributed by atoms with E-state index in [-0.39, 0.29) is 10.7 Å². The van der Waals surface area contributed by atoms with Crippen molar-refractivity contribution in [3.63, 3.8) is 0 Å². The molecule has 0 fully saturated rings. The average Bonchev–Trinajstić information content (AvgIpc) is 2.26. The standard InChI is InChI=1S/C11H17ClN2O2/c1-3-10-13-9(12)8-11(15)14(10)6-4-5-7-16-2/h8H,3-7H2,1-2H3. The number of aryl methyl sites for hydroxylation is 1. The van der Waals surface area contributed by atoms with E-state index in [2.05, 4.69) is 4.98 Å². The van der Waals surface area contributed by atoms with E-state index in [0.717, 1.165) is 25.3 Å². The summed E-state index contributed by atoms with van der Waals surface area (Å²) in [5.74, 6) is 0.745. The van der Waals surface area contributed by atoms with Crippen LogP contribution in [0.4, 0.5) is 0 Å². The molecule has 90 valence electrons. The highest BCUT2D eigenvalue weighted by Crippen LogP contribution is 2.04. The molecule has 0 N–H and O–H groups in total. The fourth-order valence-electron chi connectivity index (χ4n) is 1.55. The molecule has 0 atom stereocenters. The Kier molecular flexibility index (Phi) is 5.49. The molecular weight excluding hydrogens is 228 g/mol. The van der Waals surface area contributed by atoms with E-state index in [9.17, 15) is 4.79 Å². The Morgan fingerprint density at radius 1 is 1.50 bits per heavy atom. The number of rotatable bonds is 6. The van der Waals surface area contributed by atoms with Crippen molar-refractivity contribution in [3.8, 4) is 0 Å². The molecule has 0 bridgehead atoms. The molecule has 1 aromatic rings. The predicted octanol–water partition coefficient (Wildman–Crippen LogP) is 1.89. The quantitative estimate of drug-likeness (QED) is 0.567. The lowest BCUT2D eigenvalue weighted by atomic mass is 10.3. The molecular formula is C11H17ClN2O2. The van der Waals surface area contributed by atoms with Gasteiger partial charge >= 0.3 is 0 Å². The van der Waals surface area contributed by atoms with Crippen LogP contribution in [-0.2, 0) is 17.7 Å². The third-order valence-corrected chi connectivity index (χ3v) is 2.55. The maximum atomic E-state index is 11.7. The fraction of sp³-hybridized carbons (Fsp3) is 0.636. The molecule has 5 heteroatoms. The first-order valence-electron chi connectivity index (χ1n) is 5.44. The zero-order chi connectivity index (χ0) is 12.0. The zero-order valence-electron chi connectivity index (χ0n) is 9.70. The summed E-state index contributed by atoms with van der Waals surface area (Å²) < 4.78 is 6.64. The first kappa shape index (κ1) is 13.2. The van der Waals surface area contributed by atoms with Crippen molar-refractivity contribution in [1.29, 1.82) is 0 Å². The number of hydrogen-bond donors (Lipinski definition) is 0. The van der Waals surface area contributed by atoms with Gasteiger partial charge in [0.25, 0.3) is 5.56 Å². The summed E-state index contributed by atoms with van der Waals surface area (Å²) in [6.45, 7) is 3.36. The summed E-state index contributed by atoms with van der Waals surface area (Å²) in [7, 11) is 1.67. The molecule has 4 nitrogen and oxygen atoms in total. The first-order valence-corrected chi connectivity index (χ1v) is 5.82. The fourth-order valence-corrected chi connectivity index (χ4v) is 1.74. The number of ether oxygens (including phenoxy) is 1. The molecule has 0 aromatic carbocycles. The van der Waals surface area contributed by atoms with Gasteiger partial charge in [0.2, 0.25) is 0 Å². The van der Waals surface area contributed by atoms with Crippen LogP contribution in [-0.4, -0.2) is 23.3 Å². The molecule has 0 aliphatic heterocycles. The topological polar surface area (TPSA) is 44.1 Å². The Hall–Kier alpha value is -0.870. The lowest BCUT2D eigenvalue weighted by Crippen LogP contribution is -2.24. The van der Waals surface area contributed by atoms with Gasteiger partial charge in [-0.05, 0) is 12.8 Å². The van der Waals surface area contributed by atoms with Gasteiger partial charge in [0.05, 0.1) is 0 Å². The predicted molar refractivity (Wildman–Crippen MR) is 64.0 cm³/mol. The molecule has 1 rings (SSSR count). The van der Waals surface area contributed by atoms with E-state index < -0.39 is 0 Å². The summed E-state index contributed by atoms with van der Waals surface area (Å²) in [4.78, 5) is 15.8. The van der Waals surface area contributed by atoms with Gasteiger partial charge in [-0.3, -0.25) is 9.36 Å².